The average molecular weight is 516 g/mol. The molecule has 0 unspecified atom stereocenters. The number of hydrogen-bond donors (Lipinski definition) is 0. The van der Waals surface area contributed by atoms with Crippen molar-refractivity contribution in [2.24, 2.45) is 5.10 Å². The summed E-state index contributed by atoms with van der Waals surface area (Å²) in [6.45, 7) is 4.15. The van der Waals surface area contributed by atoms with Crippen LogP contribution < -0.4 is 19.2 Å². The molecule has 0 fully saturated rings. The highest BCUT2D eigenvalue weighted by Gasteiger charge is 2.65. The van der Waals surface area contributed by atoms with Crippen LogP contribution in [0.5, 0.6) is 17.2 Å². The number of rotatable bonds is 7. The second-order valence-corrected chi connectivity index (χ2v) is 9.36. The maximum Gasteiger partial charge on any atom is 0.350 e. The lowest BCUT2D eigenvalue weighted by Gasteiger charge is -2.51. The number of carbonyl (C=O) groups is 1. The molecule has 0 saturated heterocycles. The van der Waals surface area contributed by atoms with Gasteiger partial charge in [0, 0.05) is 6.04 Å². The molecule has 3 aromatic rings. The number of likely N-dealkylation sites (N-methyl/N-ethyl adjacent to an activating group) is 1. The highest BCUT2D eigenvalue weighted by molar-refractivity contribution is 6.13. The van der Waals surface area contributed by atoms with Gasteiger partial charge in [-0.1, -0.05) is 18.2 Å². The summed E-state index contributed by atoms with van der Waals surface area (Å²) in [6.07, 6.45) is 0. The van der Waals surface area contributed by atoms with Gasteiger partial charge in [-0.05, 0) is 86.1 Å². The van der Waals surface area contributed by atoms with E-state index in [1.54, 1.807) is 21.3 Å². The Kier molecular flexibility index (Phi) is 6.75. The third-order valence-electron chi connectivity index (χ3n) is 7.64. The Bertz CT molecular complexity index is 1360. The van der Waals surface area contributed by atoms with Crippen LogP contribution in [0.1, 0.15) is 42.5 Å². The largest absolute Gasteiger partial charge is 0.497 e. The van der Waals surface area contributed by atoms with Gasteiger partial charge in [0.15, 0.2) is 11.5 Å². The van der Waals surface area contributed by atoms with Crippen LogP contribution in [0.4, 0.5) is 5.69 Å². The van der Waals surface area contributed by atoms with Crippen LogP contribution in [0.2, 0.25) is 0 Å². The fourth-order valence-corrected chi connectivity index (χ4v) is 5.69. The van der Waals surface area contributed by atoms with Gasteiger partial charge in [0.25, 0.3) is 0 Å². The number of hydrazone groups is 1. The lowest BCUT2D eigenvalue weighted by atomic mass is 9.72. The zero-order valence-electron chi connectivity index (χ0n) is 22.6. The second-order valence-electron chi connectivity index (χ2n) is 9.36. The summed E-state index contributed by atoms with van der Waals surface area (Å²) >= 11 is 0. The Morgan fingerprint density at radius 2 is 1.55 bits per heavy atom. The first-order valence-electron chi connectivity index (χ1n) is 12.7. The van der Waals surface area contributed by atoms with E-state index in [-0.39, 0.29) is 18.6 Å². The van der Waals surface area contributed by atoms with Crippen molar-refractivity contribution in [3.8, 4) is 17.2 Å². The minimum Gasteiger partial charge on any atom is -0.497 e. The van der Waals surface area contributed by atoms with Crippen LogP contribution in [-0.2, 0) is 9.53 Å². The predicted octanol–water partition coefficient (Wildman–Crippen LogP) is 4.99. The number of benzene rings is 3. The molecule has 0 radical (unpaired) electrons. The topological polar surface area (TPSA) is 72.8 Å². The standard InChI is InChI=1S/C30H33N3O5/c1-7-38-29(34)30-27(24-18-26(37-6)25(36-5)17-23(24)19(2)32(30)3)28(20-13-15-22(35-4)16-14-20)31-33(30)21-11-9-8-10-12-21/h8-19,27H,7H2,1-6H3/t19-,27-,30-/m1/s1. The maximum absolute atomic E-state index is 14.3. The number of fused-ring (bicyclic) bond motifs is 3. The molecule has 0 aliphatic carbocycles. The van der Waals surface area contributed by atoms with Crippen molar-refractivity contribution >= 4 is 17.4 Å². The quantitative estimate of drug-likeness (QED) is 0.411. The molecule has 0 amide bonds. The first-order chi connectivity index (χ1) is 18.4. The van der Waals surface area contributed by atoms with Gasteiger partial charge in [0.05, 0.1) is 45.3 Å². The highest BCUT2D eigenvalue weighted by Crippen LogP contribution is 2.55. The van der Waals surface area contributed by atoms with Crippen LogP contribution in [-0.4, -0.2) is 57.2 Å². The van der Waals surface area contributed by atoms with Gasteiger partial charge in [-0.3, -0.25) is 4.90 Å². The SMILES string of the molecule is CCOC(=O)[C@@]12[C@@H](C(c3ccc(OC)cc3)=NN1c1ccccc1)c1cc(OC)c(OC)cc1[C@@H](C)N2C. The van der Waals surface area contributed by atoms with Crippen LogP contribution >= 0.6 is 0 Å². The van der Waals surface area contributed by atoms with Crippen molar-refractivity contribution in [3.05, 3.63) is 83.4 Å². The number of ether oxygens (including phenoxy) is 4. The van der Waals surface area contributed by atoms with Gasteiger partial charge in [-0.25, -0.2) is 9.80 Å². The number of nitrogens with zero attached hydrogens (tertiary/aromatic N) is 3. The third kappa shape index (κ3) is 3.70. The molecule has 3 atom stereocenters. The minimum atomic E-state index is -1.28. The van der Waals surface area contributed by atoms with E-state index < -0.39 is 11.6 Å². The molecule has 8 heteroatoms. The number of hydrogen-bond acceptors (Lipinski definition) is 8. The molecule has 0 N–H and O–H groups in total. The normalized spacial score (nSPS) is 22.3. The van der Waals surface area contributed by atoms with E-state index in [4.69, 9.17) is 24.0 Å². The Balaban J connectivity index is 1.85. The van der Waals surface area contributed by atoms with Crippen molar-refractivity contribution in [2.45, 2.75) is 31.5 Å². The molecule has 0 saturated carbocycles. The first-order valence-corrected chi connectivity index (χ1v) is 12.7. The molecule has 3 aromatic carbocycles. The summed E-state index contributed by atoms with van der Waals surface area (Å²) in [5, 5.41) is 7.01. The highest BCUT2D eigenvalue weighted by atomic mass is 16.5. The molecule has 8 nitrogen and oxygen atoms in total. The number of methoxy groups -OCH3 is 3. The van der Waals surface area contributed by atoms with E-state index >= 15 is 0 Å². The number of carbonyl (C=O) groups excluding carboxylic acids is 1. The molecule has 2 heterocycles. The zero-order valence-corrected chi connectivity index (χ0v) is 22.6. The van der Waals surface area contributed by atoms with Crippen LogP contribution in [0, 0.1) is 0 Å². The monoisotopic (exact) mass is 515 g/mol. The van der Waals surface area contributed by atoms with E-state index in [1.807, 2.05) is 85.7 Å². The minimum absolute atomic E-state index is 0.165. The first kappa shape index (κ1) is 25.6. The van der Waals surface area contributed by atoms with Gasteiger partial charge in [0.1, 0.15) is 5.75 Å². The molecule has 0 spiro atoms. The fourth-order valence-electron chi connectivity index (χ4n) is 5.69. The third-order valence-corrected chi connectivity index (χ3v) is 7.64. The lowest BCUT2D eigenvalue weighted by molar-refractivity contribution is -0.160. The van der Waals surface area contributed by atoms with E-state index in [0.29, 0.717) is 11.5 Å². The fraction of sp³-hybridized carbons (Fsp3) is 0.333. The van der Waals surface area contributed by atoms with Crippen molar-refractivity contribution in [3.63, 3.8) is 0 Å². The summed E-state index contributed by atoms with van der Waals surface area (Å²) in [6, 6.07) is 21.3. The van der Waals surface area contributed by atoms with Gasteiger partial charge in [-0.2, -0.15) is 5.10 Å². The van der Waals surface area contributed by atoms with Crippen LogP contribution in [0.3, 0.4) is 0 Å². The zero-order chi connectivity index (χ0) is 27.0. The van der Waals surface area contributed by atoms with E-state index in [9.17, 15) is 4.79 Å². The smallest absolute Gasteiger partial charge is 0.350 e. The Hall–Kier alpha value is -4.04. The van der Waals surface area contributed by atoms with Crippen LogP contribution in [0.15, 0.2) is 71.8 Å². The summed E-state index contributed by atoms with van der Waals surface area (Å²) in [7, 11) is 6.83. The van der Waals surface area contributed by atoms with Crippen molar-refractivity contribution in [1.29, 1.82) is 0 Å². The molecular weight excluding hydrogens is 482 g/mol. The van der Waals surface area contributed by atoms with E-state index in [2.05, 4.69) is 11.8 Å². The number of para-hydroxylation sites is 1. The number of anilines is 1. The predicted molar refractivity (Wildman–Crippen MR) is 146 cm³/mol. The van der Waals surface area contributed by atoms with Gasteiger partial charge in [0.2, 0.25) is 5.66 Å². The van der Waals surface area contributed by atoms with Crippen molar-refractivity contribution in [1.82, 2.24) is 4.90 Å². The molecule has 0 aromatic heterocycles. The molecule has 0 bridgehead atoms. The van der Waals surface area contributed by atoms with Crippen LogP contribution in [0.25, 0.3) is 0 Å². The molecule has 2 aliphatic rings. The molecule has 38 heavy (non-hydrogen) atoms. The molecular formula is C30H33N3O5. The second kappa shape index (κ2) is 10.0. The Morgan fingerprint density at radius 1 is 0.921 bits per heavy atom. The summed E-state index contributed by atoms with van der Waals surface area (Å²) < 4.78 is 22.6. The summed E-state index contributed by atoms with van der Waals surface area (Å²) in [5.74, 6) is 1.11. The lowest BCUT2D eigenvalue weighted by Crippen LogP contribution is -2.67. The Morgan fingerprint density at radius 3 is 2.13 bits per heavy atom. The van der Waals surface area contributed by atoms with Gasteiger partial charge >= 0.3 is 5.97 Å². The van der Waals surface area contributed by atoms with Crippen molar-refractivity contribution in [2.75, 3.05) is 40.0 Å². The molecule has 2 aliphatic heterocycles. The van der Waals surface area contributed by atoms with Gasteiger partial charge in [-0.15, -0.1) is 0 Å². The molecule has 198 valence electrons. The molecule has 5 rings (SSSR count). The van der Waals surface area contributed by atoms with Crippen molar-refractivity contribution < 1.29 is 23.7 Å². The average Bonchev–Trinajstić information content (AvgIpc) is 3.33. The number of esters is 1. The van der Waals surface area contributed by atoms with Gasteiger partial charge < -0.3 is 18.9 Å². The maximum atomic E-state index is 14.3. The summed E-state index contributed by atoms with van der Waals surface area (Å²) in [5.41, 5.74) is 3.11. The van der Waals surface area contributed by atoms with E-state index in [1.165, 1.54) is 0 Å². The van der Waals surface area contributed by atoms with E-state index in [0.717, 1.165) is 33.8 Å². The Labute approximate surface area is 223 Å². The summed E-state index contributed by atoms with van der Waals surface area (Å²) in [4.78, 5) is 16.3.